The number of nitrogens with zero attached hydrogens (tertiary/aromatic N) is 1. The van der Waals surface area contributed by atoms with Crippen LogP contribution in [0.4, 0.5) is 0 Å². The molecule has 0 radical (unpaired) electrons. The van der Waals surface area contributed by atoms with E-state index >= 15 is 0 Å². The molecule has 4 aromatic rings. The fourth-order valence-electron chi connectivity index (χ4n) is 2.93. The molecule has 0 bridgehead atoms. The molecule has 2 heteroatoms. The second kappa shape index (κ2) is 4.97. The van der Waals surface area contributed by atoms with Gasteiger partial charge < -0.3 is 4.57 Å². The Kier molecular flexibility index (Phi) is 2.97. The quantitative estimate of drug-likeness (QED) is 0.441. The third-order valence-electron chi connectivity index (χ3n) is 3.91. The number of hydrogen-bond donors (Lipinski definition) is 0. The lowest BCUT2D eigenvalue weighted by Crippen LogP contribution is -1.93. The number of rotatable bonds is 2. The fourth-order valence-corrected chi connectivity index (χ4v) is 3.34. The Morgan fingerprint density at radius 3 is 1.71 bits per heavy atom. The average molecular weight is 289 g/mol. The molecule has 102 valence electrons. The summed E-state index contributed by atoms with van der Waals surface area (Å²) < 4.78 is 2.34. The van der Waals surface area contributed by atoms with Gasteiger partial charge in [-0.2, -0.15) is 0 Å². The predicted molar refractivity (Wildman–Crippen MR) is 92.6 cm³/mol. The SMILES string of the molecule is CSc1ccc(-n2c3ccccc3c3ccccc32)cc1. The highest BCUT2D eigenvalue weighted by Gasteiger charge is 2.10. The van der Waals surface area contributed by atoms with Crippen LogP contribution >= 0.6 is 11.8 Å². The van der Waals surface area contributed by atoms with Crippen LogP contribution in [0.2, 0.25) is 0 Å². The van der Waals surface area contributed by atoms with Crippen molar-refractivity contribution in [2.45, 2.75) is 4.90 Å². The van der Waals surface area contributed by atoms with E-state index in [-0.39, 0.29) is 0 Å². The molecule has 0 spiro atoms. The Morgan fingerprint density at radius 1 is 0.667 bits per heavy atom. The monoisotopic (exact) mass is 289 g/mol. The molecule has 0 amide bonds. The van der Waals surface area contributed by atoms with Crippen molar-refractivity contribution in [1.82, 2.24) is 4.57 Å². The summed E-state index contributed by atoms with van der Waals surface area (Å²) in [5.74, 6) is 0. The lowest BCUT2D eigenvalue weighted by molar-refractivity contribution is 1.17. The van der Waals surface area contributed by atoms with Crippen molar-refractivity contribution in [3.63, 3.8) is 0 Å². The van der Waals surface area contributed by atoms with Crippen LogP contribution < -0.4 is 0 Å². The minimum Gasteiger partial charge on any atom is -0.309 e. The highest BCUT2D eigenvalue weighted by atomic mass is 32.2. The van der Waals surface area contributed by atoms with Crippen LogP contribution in [0.25, 0.3) is 27.5 Å². The van der Waals surface area contributed by atoms with E-state index in [1.807, 2.05) is 0 Å². The van der Waals surface area contributed by atoms with E-state index < -0.39 is 0 Å². The van der Waals surface area contributed by atoms with Crippen molar-refractivity contribution in [2.75, 3.05) is 6.26 Å². The maximum Gasteiger partial charge on any atom is 0.0541 e. The Labute approximate surface area is 128 Å². The average Bonchev–Trinajstić information content (AvgIpc) is 2.90. The first-order valence-corrected chi connectivity index (χ1v) is 8.23. The molecule has 0 unspecified atom stereocenters. The smallest absolute Gasteiger partial charge is 0.0541 e. The summed E-state index contributed by atoms with van der Waals surface area (Å²) in [7, 11) is 0. The number of aromatic nitrogens is 1. The summed E-state index contributed by atoms with van der Waals surface area (Å²) in [6.07, 6.45) is 2.11. The lowest BCUT2D eigenvalue weighted by Gasteiger charge is -2.08. The molecule has 0 saturated heterocycles. The number of hydrogen-bond acceptors (Lipinski definition) is 1. The maximum atomic E-state index is 2.34. The Bertz CT molecular complexity index is 866. The molecular formula is C19H15NS. The topological polar surface area (TPSA) is 4.93 Å². The van der Waals surface area contributed by atoms with Gasteiger partial charge in [0.1, 0.15) is 0 Å². The predicted octanol–water partition coefficient (Wildman–Crippen LogP) is 5.51. The fraction of sp³-hybridized carbons (Fsp3) is 0.0526. The lowest BCUT2D eigenvalue weighted by atomic mass is 10.2. The zero-order valence-corrected chi connectivity index (χ0v) is 12.6. The third-order valence-corrected chi connectivity index (χ3v) is 4.65. The molecule has 0 aliphatic rings. The first kappa shape index (κ1) is 12.5. The van der Waals surface area contributed by atoms with Crippen LogP contribution in [0, 0.1) is 0 Å². The van der Waals surface area contributed by atoms with E-state index in [2.05, 4.69) is 83.6 Å². The van der Waals surface area contributed by atoms with Gasteiger partial charge in [0, 0.05) is 21.4 Å². The highest BCUT2D eigenvalue weighted by molar-refractivity contribution is 7.98. The molecular weight excluding hydrogens is 274 g/mol. The van der Waals surface area contributed by atoms with Gasteiger partial charge >= 0.3 is 0 Å². The number of para-hydroxylation sites is 2. The molecule has 21 heavy (non-hydrogen) atoms. The first-order chi connectivity index (χ1) is 10.4. The summed E-state index contributed by atoms with van der Waals surface area (Å²) in [6.45, 7) is 0. The normalized spacial score (nSPS) is 11.3. The Morgan fingerprint density at radius 2 is 1.19 bits per heavy atom. The largest absolute Gasteiger partial charge is 0.309 e. The van der Waals surface area contributed by atoms with Gasteiger partial charge in [-0.25, -0.2) is 0 Å². The molecule has 1 heterocycles. The van der Waals surface area contributed by atoms with Crippen molar-refractivity contribution in [3.8, 4) is 5.69 Å². The van der Waals surface area contributed by atoms with Gasteiger partial charge in [-0.05, 0) is 42.7 Å². The van der Waals surface area contributed by atoms with E-state index in [1.54, 1.807) is 11.8 Å². The van der Waals surface area contributed by atoms with Crippen LogP contribution in [-0.4, -0.2) is 10.8 Å². The highest BCUT2D eigenvalue weighted by Crippen LogP contribution is 2.32. The van der Waals surface area contributed by atoms with E-state index in [0.29, 0.717) is 0 Å². The molecule has 3 aromatic carbocycles. The van der Waals surface area contributed by atoms with Gasteiger partial charge in [0.25, 0.3) is 0 Å². The minimum absolute atomic E-state index is 1.21. The standard InChI is InChI=1S/C19H15NS/c1-21-15-12-10-14(11-13-15)20-18-8-4-2-6-16(18)17-7-3-5-9-19(17)20/h2-13H,1H3. The van der Waals surface area contributed by atoms with Gasteiger partial charge in [-0.15, -0.1) is 11.8 Å². The van der Waals surface area contributed by atoms with Crippen LogP contribution in [0.1, 0.15) is 0 Å². The summed E-state index contributed by atoms with van der Waals surface area (Å²) >= 11 is 1.77. The summed E-state index contributed by atoms with van der Waals surface area (Å²) in [5.41, 5.74) is 3.73. The van der Waals surface area contributed by atoms with Crippen LogP contribution in [0.5, 0.6) is 0 Å². The van der Waals surface area contributed by atoms with Gasteiger partial charge in [0.05, 0.1) is 11.0 Å². The molecule has 0 fully saturated rings. The van der Waals surface area contributed by atoms with Gasteiger partial charge in [0.2, 0.25) is 0 Å². The molecule has 0 aliphatic carbocycles. The maximum absolute atomic E-state index is 2.34. The molecule has 1 nitrogen and oxygen atoms in total. The second-order valence-electron chi connectivity index (χ2n) is 5.07. The van der Waals surface area contributed by atoms with Crippen molar-refractivity contribution >= 4 is 33.6 Å². The van der Waals surface area contributed by atoms with E-state index in [0.717, 1.165) is 0 Å². The molecule has 0 atom stereocenters. The molecule has 1 aromatic heterocycles. The van der Waals surface area contributed by atoms with E-state index in [1.165, 1.54) is 32.4 Å². The van der Waals surface area contributed by atoms with Gasteiger partial charge in [0.15, 0.2) is 0 Å². The van der Waals surface area contributed by atoms with Crippen molar-refractivity contribution in [3.05, 3.63) is 72.8 Å². The molecule has 4 rings (SSSR count). The van der Waals surface area contributed by atoms with Crippen LogP contribution in [-0.2, 0) is 0 Å². The van der Waals surface area contributed by atoms with Crippen LogP contribution in [0.15, 0.2) is 77.7 Å². The summed E-state index contributed by atoms with van der Waals surface area (Å²) in [5, 5.41) is 2.61. The van der Waals surface area contributed by atoms with Crippen molar-refractivity contribution in [2.24, 2.45) is 0 Å². The molecule has 0 N–H and O–H groups in total. The first-order valence-electron chi connectivity index (χ1n) is 7.01. The van der Waals surface area contributed by atoms with E-state index in [4.69, 9.17) is 0 Å². The summed E-state index contributed by atoms with van der Waals surface area (Å²) in [4.78, 5) is 1.29. The number of benzene rings is 3. The zero-order valence-electron chi connectivity index (χ0n) is 11.8. The Hall–Kier alpha value is -2.19. The van der Waals surface area contributed by atoms with Gasteiger partial charge in [-0.1, -0.05) is 36.4 Å². The second-order valence-corrected chi connectivity index (χ2v) is 5.95. The third kappa shape index (κ3) is 1.95. The van der Waals surface area contributed by atoms with Crippen molar-refractivity contribution < 1.29 is 0 Å². The molecule has 0 aliphatic heterocycles. The number of thioether (sulfide) groups is 1. The van der Waals surface area contributed by atoms with Gasteiger partial charge in [-0.3, -0.25) is 0 Å². The number of fused-ring (bicyclic) bond motifs is 3. The zero-order chi connectivity index (χ0) is 14.2. The molecule has 0 saturated carbocycles. The van der Waals surface area contributed by atoms with Crippen molar-refractivity contribution in [1.29, 1.82) is 0 Å². The summed E-state index contributed by atoms with van der Waals surface area (Å²) in [6, 6.07) is 26.0. The minimum atomic E-state index is 1.21. The van der Waals surface area contributed by atoms with E-state index in [9.17, 15) is 0 Å². The Balaban J connectivity index is 2.09. The van der Waals surface area contributed by atoms with Crippen LogP contribution in [0.3, 0.4) is 0 Å².